The lowest BCUT2D eigenvalue weighted by Gasteiger charge is -2.19. The van der Waals surface area contributed by atoms with Crippen molar-refractivity contribution in [3.05, 3.63) is 39.9 Å². The van der Waals surface area contributed by atoms with Gasteiger partial charge in [-0.2, -0.15) is 13.2 Å². The summed E-state index contributed by atoms with van der Waals surface area (Å²) in [6.45, 7) is 1.71. The van der Waals surface area contributed by atoms with E-state index < -0.39 is 17.5 Å². The lowest BCUT2D eigenvalue weighted by molar-refractivity contribution is -0.384. The molecule has 20 heavy (non-hydrogen) atoms. The average Bonchev–Trinajstić information content (AvgIpc) is 2.36. The van der Waals surface area contributed by atoms with Crippen molar-refractivity contribution in [1.29, 1.82) is 0 Å². The van der Waals surface area contributed by atoms with E-state index in [2.05, 4.69) is 5.32 Å². The maximum Gasteiger partial charge on any atom is 0.390 e. The molecule has 0 fully saturated rings. The Balaban J connectivity index is 2.74. The zero-order valence-electron chi connectivity index (χ0n) is 11.1. The molecule has 0 bridgehead atoms. The van der Waals surface area contributed by atoms with E-state index in [1.165, 1.54) is 12.1 Å². The summed E-state index contributed by atoms with van der Waals surface area (Å²) in [5.41, 5.74) is 0.587. The maximum atomic E-state index is 12.1. The molecule has 1 unspecified atom stereocenters. The highest BCUT2D eigenvalue weighted by molar-refractivity contribution is 5.35. The number of hydrogen-bond acceptors (Lipinski definition) is 3. The topological polar surface area (TPSA) is 55.2 Å². The highest BCUT2D eigenvalue weighted by Gasteiger charge is 2.26. The van der Waals surface area contributed by atoms with Crippen molar-refractivity contribution in [2.24, 2.45) is 0 Å². The fraction of sp³-hybridized carbons (Fsp3) is 0.538. The minimum absolute atomic E-state index is 0.0544. The molecular formula is C13H17F3N2O2. The first-order valence-corrected chi connectivity index (χ1v) is 6.38. The van der Waals surface area contributed by atoms with Crippen molar-refractivity contribution in [3.63, 3.8) is 0 Å². The molecule has 1 rings (SSSR count). The van der Waals surface area contributed by atoms with Gasteiger partial charge in [0.25, 0.3) is 5.69 Å². The summed E-state index contributed by atoms with van der Waals surface area (Å²) in [7, 11) is 0. The van der Waals surface area contributed by atoms with Gasteiger partial charge in [-0.25, -0.2) is 0 Å². The molecular weight excluding hydrogens is 273 g/mol. The Morgan fingerprint density at radius 3 is 2.65 bits per heavy atom. The van der Waals surface area contributed by atoms with E-state index in [4.69, 9.17) is 0 Å². The monoisotopic (exact) mass is 290 g/mol. The Labute approximate surface area is 115 Å². The van der Waals surface area contributed by atoms with Crippen molar-refractivity contribution < 1.29 is 18.1 Å². The average molecular weight is 290 g/mol. The van der Waals surface area contributed by atoms with Crippen molar-refractivity contribution in [2.75, 3.05) is 6.54 Å². The van der Waals surface area contributed by atoms with Crippen LogP contribution < -0.4 is 5.32 Å². The van der Waals surface area contributed by atoms with Crippen LogP contribution in [0, 0.1) is 10.1 Å². The van der Waals surface area contributed by atoms with Gasteiger partial charge in [0.2, 0.25) is 0 Å². The number of halogens is 3. The summed E-state index contributed by atoms with van der Waals surface area (Å²) in [5.74, 6) is 0. The number of benzene rings is 1. The molecule has 0 aliphatic carbocycles. The molecule has 0 radical (unpaired) electrons. The Hall–Kier alpha value is -1.63. The zero-order chi connectivity index (χ0) is 15.2. The fourth-order valence-corrected chi connectivity index (χ4v) is 1.92. The van der Waals surface area contributed by atoms with Gasteiger partial charge in [-0.3, -0.25) is 10.1 Å². The fourth-order valence-electron chi connectivity index (χ4n) is 1.92. The van der Waals surface area contributed by atoms with Gasteiger partial charge in [0.1, 0.15) is 0 Å². The van der Waals surface area contributed by atoms with Gasteiger partial charge in [-0.1, -0.05) is 25.5 Å². The molecule has 0 aliphatic heterocycles. The van der Waals surface area contributed by atoms with Crippen LogP contribution in [0.4, 0.5) is 18.9 Å². The smallest absolute Gasteiger partial charge is 0.310 e. The molecule has 1 N–H and O–H groups in total. The molecule has 1 aromatic rings. The molecule has 0 aliphatic rings. The predicted octanol–water partition coefficient (Wildman–Crippen LogP) is 3.98. The largest absolute Gasteiger partial charge is 0.390 e. The summed E-state index contributed by atoms with van der Waals surface area (Å²) in [5, 5.41) is 13.5. The Morgan fingerprint density at radius 1 is 1.40 bits per heavy atom. The van der Waals surface area contributed by atoms with Crippen LogP contribution in [0.3, 0.4) is 0 Å². The van der Waals surface area contributed by atoms with Gasteiger partial charge in [-0.15, -0.1) is 0 Å². The normalized spacial score (nSPS) is 13.2. The summed E-state index contributed by atoms with van der Waals surface area (Å²) in [6.07, 6.45) is -3.72. The van der Waals surface area contributed by atoms with Crippen LogP contribution in [0.15, 0.2) is 24.3 Å². The van der Waals surface area contributed by atoms with E-state index in [0.29, 0.717) is 12.0 Å². The van der Waals surface area contributed by atoms with Gasteiger partial charge in [-0.05, 0) is 12.0 Å². The summed E-state index contributed by atoms with van der Waals surface area (Å²) in [4.78, 5) is 10.2. The summed E-state index contributed by atoms with van der Waals surface area (Å²) in [6, 6.07) is 5.70. The summed E-state index contributed by atoms with van der Waals surface area (Å²) < 4.78 is 36.4. The number of hydrogen-bond donors (Lipinski definition) is 1. The quantitative estimate of drug-likeness (QED) is 0.610. The van der Waals surface area contributed by atoms with Gasteiger partial charge in [0.05, 0.1) is 11.3 Å². The first-order chi connectivity index (χ1) is 9.33. The van der Waals surface area contributed by atoms with Crippen molar-refractivity contribution in [3.8, 4) is 0 Å². The first kappa shape index (κ1) is 16.4. The third kappa shape index (κ3) is 5.56. The Bertz CT molecular complexity index is 449. The van der Waals surface area contributed by atoms with Crippen LogP contribution in [0.5, 0.6) is 0 Å². The molecule has 112 valence electrons. The number of nitrogens with one attached hydrogen (secondary N) is 1. The van der Waals surface area contributed by atoms with Crippen LogP contribution in [0.2, 0.25) is 0 Å². The lowest BCUT2D eigenvalue weighted by Crippen LogP contribution is -2.26. The van der Waals surface area contributed by atoms with E-state index in [0.717, 1.165) is 6.42 Å². The molecule has 0 aromatic heterocycles. The van der Waals surface area contributed by atoms with E-state index in [1.807, 2.05) is 6.92 Å². The van der Waals surface area contributed by atoms with Crippen molar-refractivity contribution in [2.45, 2.75) is 38.4 Å². The van der Waals surface area contributed by atoms with E-state index >= 15 is 0 Å². The molecule has 7 heteroatoms. The highest BCUT2D eigenvalue weighted by atomic mass is 19.4. The van der Waals surface area contributed by atoms with Gasteiger partial charge in [0, 0.05) is 24.7 Å². The molecule has 1 atom stereocenters. The standard InChI is InChI=1S/C13H17F3N2O2/c1-2-4-12(17-8-7-13(14,15)16)10-5-3-6-11(9-10)18(19)20/h3,5-6,9,12,17H,2,4,7-8H2,1H3. The van der Waals surface area contributed by atoms with Crippen LogP contribution in [0.1, 0.15) is 37.8 Å². The Kier molecular flexibility index (Phi) is 5.94. The van der Waals surface area contributed by atoms with E-state index in [-0.39, 0.29) is 18.3 Å². The molecule has 0 saturated carbocycles. The Morgan fingerprint density at radius 2 is 2.10 bits per heavy atom. The summed E-state index contributed by atoms with van der Waals surface area (Å²) >= 11 is 0. The molecule has 4 nitrogen and oxygen atoms in total. The van der Waals surface area contributed by atoms with Crippen LogP contribution in [-0.4, -0.2) is 17.6 Å². The number of nitrogens with zero attached hydrogens (tertiary/aromatic N) is 1. The predicted molar refractivity (Wildman–Crippen MR) is 69.4 cm³/mol. The zero-order valence-corrected chi connectivity index (χ0v) is 11.1. The van der Waals surface area contributed by atoms with E-state index in [1.54, 1.807) is 12.1 Å². The third-order valence-corrected chi connectivity index (χ3v) is 2.86. The van der Waals surface area contributed by atoms with Crippen molar-refractivity contribution >= 4 is 5.69 Å². The van der Waals surface area contributed by atoms with Crippen LogP contribution >= 0.6 is 0 Å². The molecule has 0 amide bonds. The number of nitro benzene ring substituents is 1. The van der Waals surface area contributed by atoms with Gasteiger partial charge < -0.3 is 5.32 Å². The van der Waals surface area contributed by atoms with Crippen molar-refractivity contribution in [1.82, 2.24) is 5.32 Å². The van der Waals surface area contributed by atoms with E-state index in [9.17, 15) is 23.3 Å². The van der Waals surface area contributed by atoms with Crippen LogP contribution in [0.25, 0.3) is 0 Å². The highest BCUT2D eigenvalue weighted by Crippen LogP contribution is 2.24. The SMILES string of the molecule is CCCC(NCCC(F)(F)F)c1cccc([N+](=O)[O-])c1. The van der Waals surface area contributed by atoms with Crippen LogP contribution in [-0.2, 0) is 0 Å². The molecule has 0 saturated heterocycles. The van der Waals surface area contributed by atoms with Gasteiger partial charge in [0.15, 0.2) is 0 Å². The second-order valence-electron chi connectivity index (χ2n) is 4.51. The minimum Gasteiger partial charge on any atom is -0.310 e. The second-order valence-corrected chi connectivity index (χ2v) is 4.51. The molecule has 0 heterocycles. The number of nitro groups is 1. The van der Waals surface area contributed by atoms with Gasteiger partial charge >= 0.3 is 6.18 Å². The molecule has 0 spiro atoms. The minimum atomic E-state index is -4.20. The second kappa shape index (κ2) is 7.23. The lowest BCUT2D eigenvalue weighted by atomic mass is 10.0. The third-order valence-electron chi connectivity index (χ3n) is 2.86. The number of rotatable bonds is 7. The molecule has 1 aromatic carbocycles. The first-order valence-electron chi connectivity index (χ1n) is 6.38. The maximum absolute atomic E-state index is 12.1. The number of non-ortho nitro benzene ring substituents is 1. The number of alkyl halides is 3.